The standard InChI is InChI=1S/C25H24N6O3S/c32-25(27-24-11-5-4-10-23(24)19-7-2-1-3-8-19)20-9-6-16-30(17-20)35(33,34)22-14-12-21(13-15-22)31-18-26-28-29-31/h1-5,7-8,10-15,18,20H,6,9,16-17H2,(H,27,32)/t20-/m0/s1. The number of amides is 1. The normalized spacial score (nSPS) is 16.6. The minimum absolute atomic E-state index is 0.135. The topological polar surface area (TPSA) is 110 Å². The molecule has 9 nitrogen and oxygen atoms in total. The Morgan fingerprint density at radius 2 is 1.69 bits per heavy atom. The van der Waals surface area contributed by atoms with E-state index in [4.69, 9.17) is 0 Å². The van der Waals surface area contributed by atoms with Crippen molar-refractivity contribution in [3.8, 4) is 16.8 Å². The van der Waals surface area contributed by atoms with Gasteiger partial charge in [0.1, 0.15) is 6.33 Å². The molecule has 0 radical (unpaired) electrons. The van der Waals surface area contributed by atoms with Crippen LogP contribution in [-0.2, 0) is 14.8 Å². The number of benzene rings is 3. The van der Waals surface area contributed by atoms with E-state index in [2.05, 4.69) is 20.8 Å². The highest BCUT2D eigenvalue weighted by atomic mass is 32.2. The van der Waals surface area contributed by atoms with Crippen molar-refractivity contribution in [3.63, 3.8) is 0 Å². The second kappa shape index (κ2) is 9.77. The Hall–Kier alpha value is -3.89. The number of para-hydroxylation sites is 1. The first kappa shape index (κ1) is 22.9. The third-order valence-corrected chi connectivity index (χ3v) is 7.99. The third-order valence-electron chi connectivity index (χ3n) is 6.11. The summed E-state index contributed by atoms with van der Waals surface area (Å²) in [6.07, 6.45) is 2.68. The van der Waals surface area contributed by atoms with Gasteiger partial charge in [-0.1, -0.05) is 48.5 Å². The van der Waals surface area contributed by atoms with E-state index in [1.807, 2.05) is 54.6 Å². The van der Waals surface area contributed by atoms with Gasteiger partial charge in [-0.2, -0.15) is 4.31 Å². The van der Waals surface area contributed by atoms with Crippen molar-refractivity contribution in [2.45, 2.75) is 17.7 Å². The summed E-state index contributed by atoms with van der Waals surface area (Å²) >= 11 is 0. The van der Waals surface area contributed by atoms with Gasteiger partial charge in [0.2, 0.25) is 15.9 Å². The maximum absolute atomic E-state index is 13.3. The highest BCUT2D eigenvalue weighted by Crippen LogP contribution is 2.30. The first-order chi connectivity index (χ1) is 17.0. The van der Waals surface area contributed by atoms with Crippen LogP contribution in [0.3, 0.4) is 0 Å². The molecule has 1 aromatic heterocycles. The van der Waals surface area contributed by atoms with E-state index in [0.717, 1.165) is 11.1 Å². The fraction of sp³-hybridized carbons (Fsp3) is 0.200. The molecule has 1 N–H and O–H groups in total. The van der Waals surface area contributed by atoms with Crippen LogP contribution in [0.4, 0.5) is 5.69 Å². The Labute approximate surface area is 203 Å². The predicted molar refractivity (Wildman–Crippen MR) is 131 cm³/mol. The van der Waals surface area contributed by atoms with E-state index in [1.165, 1.54) is 27.4 Å². The Morgan fingerprint density at radius 1 is 0.943 bits per heavy atom. The number of tetrazole rings is 1. The van der Waals surface area contributed by atoms with Gasteiger partial charge in [-0.3, -0.25) is 4.79 Å². The lowest BCUT2D eigenvalue weighted by atomic mass is 9.98. The summed E-state index contributed by atoms with van der Waals surface area (Å²) in [5.41, 5.74) is 3.29. The zero-order valence-electron chi connectivity index (χ0n) is 18.9. The van der Waals surface area contributed by atoms with Crippen LogP contribution in [0.5, 0.6) is 0 Å². The zero-order valence-corrected chi connectivity index (χ0v) is 19.7. The van der Waals surface area contributed by atoms with Crippen molar-refractivity contribution in [1.29, 1.82) is 0 Å². The molecule has 178 valence electrons. The Kier molecular flexibility index (Phi) is 6.39. The number of aromatic nitrogens is 4. The molecule has 1 aliphatic rings. The average Bonchev–Trinajstić information content (AvgIpc) is 3.45. The SMILES string of the molecule is O=C(Nc1ccccc1-c1ccccc1)[C@H]1CCCN(S(=O)(=O)c2ccc(-n3cnnn3)cc2)C1. The van der Waals surface area contributed by atoms with Crippen LogP contribution in [0.25, 0.3) is 16.8 Å². The molecule has 0 spiro atoms. The van der Waals surface area contributed by atoms with Gasteiger partial charge < -0.3 is 5.32 Å². The molecule has 3 aromatic carbocycles. The van der Waals surface area contributed by atoms with Crippen molar-refractivity contribution < 1.29 is 13.2 Å². The van der Waals surface area contributed by atoms with Gasteiger partial charge in [-0.05, 0) is 59.2 Å². The van der Waals surface area contributed by atoms with Gasteiger partial charge >= 0.3 is 0 Å². The number of piperidine rings is 1. The van der Waals surface area contributed by atoms with Crippen LogP contribution >= 0.6 is 0 Å². The summed E-state index contributed by atoms with van der Waals surface area (Å²) in [4.78, 5) is 13.4. The number of anilines is 1. The number of nitrogens with one attached hydrogen (secondary N) is 1. The van der Waals surface area contributed by atoms with E-state index >= 15 is 0 Å². The highest BCUT2D eigenvalue weighted by molar-refractivity contribution is 7.89. The van der Waals surface area contributed by atoms with Crippen LogP contribution in [0.2, 0.25) is 0 Å². The largest absolute Gasteiger partial charge is 0.325 e. The van der Waals surface area contributed by atoms with Gasteiger partial charge in [0.05, 0.1) is 16.5 Å². The van der Waals surface area contributed by atoms with Gasteiger partial charge in [0, 0.05) is 24.3 Å². The van der Waals surface area contributed by atoms with Gasteiger partial charge in [0.15, 0.2) is 0 Å². The minimum atomic E-state index is -3.75. The molecule has 1 aliphatic heterocycles. The smallest absolute Gasteiger partial charge is 0.243 e. The van der Waals surface area contributed by atoms with Crippen molar-refractivity contribution in [3.05, 3.63) is 85.2 Å². The molecule has 0 bridgehead atoms. The Balaban J connectivity index is 1.31. The fourth-order valence-electron chi connectivity index (χ4n) is 4.27. The van der Waals surface area contributed by atoms with E-state index in [-0.39, 0.29) is 17.3 Å². The monoisotopic (exact) mass is 488 g/mol. The predicted octanol–water partition coefficient (Wildman–Crippen LogP) is 3.37. The van der Waals surface area contributed by atoms with Gasteiger partial charge in [-0.25, -0.2) is 13.1 Å². The van der Waals surface area contributed by atoms with Gasteiger partial charge in [-0.15, -0.1) is 5.10 Å². The summed E-state index contributed by atoms with van der Waals surface area (Å²) in [7, 11) is -3.75. The molecule has 4 aromatic rings. The average molecular weight is 489 g/mol. The van der Waals surface area contributed by atoms with Crippen molar-refractivity contribution in [1.82, 2.24) is 24.5 Å². The maximum Gasteiger partial charge on any atom is 0.243 e. The summed E-state index contributed by atoms with van der Waals surface area (Å²) in [6.45, 7) is 0.512. The highest BCUT2D eigenvalue weighted by Gasteiger charge is 2.33. The van der Waals surface area contributed by atoms with Crippen LogP contribution in [-0.4, -0.2) is 51.9 Å². The lowest BCUT2D eigenvalue weighted by Gasteiger charge is -2.31. The van der Waals surface area contributed by atoms with Gasteiger partial charge in [0.25, 0.3) is 0 Å². The number of carbonyl (C=O) groups excluding carboxylic acids is 1. The molecule has 5 rings (SSSR count). The number of carbonyl (C=O) groups is 1. The van der Waals surface area contributed by atoms with E-state index in [0.29, 0.717) is 30.8 Å². The molecule has 1 atom stereocenters. The van der Waals surface area contributed by atoms with Crippen LogP contribution < -0.4 is 5.32 Å². The number of hydrogen-bond acceptors (Lipinski definition) is 6. The Morgan fingerprint density at radius 3 is 2.43 bits per heavy atom. The zero-order chi connectivity index (χ0) is 24.3. The molecule has 0 unspecified atom stereocenters. The van der Waals surface area contributed by atoms with Crippen LogP contribution in [0, 0.1) is 5.92 Å². The van der Waals surface area contributed by atoms with Crippen molar-refractivity contribution >= 4 is 21.6 Å². The molecule has 1 amide bonds. The van der Waals surface area contributed by atoms with E-state index < -0.39 is 15.9 Å². The molecule has 0 saturated carbocycles. The van der Waals surface area contributed by atoms with Crippen molar-refractivity contribution in [2.24, 2.45) is 5.92 Å². The summed E-state index contributed by atoms with van der Waals surface area (Å²) in [5.74, 6) is -0.620. The minimum Gasteiger partial charge on any atom is -0.325 e. The van der Waals surface area contributed by atoms with E-state index in [1.54, 1.807) is 12.1 Å². The summed E-state index contributed by atoms with van der Waals surface area (Å²) in [6, 6.07) is 23.8. The first-order valence-corrected chi connectivity index (χ1v) is 12.8. The third kappa shape index (κ3) is 4.84. The molecular formula is C25H24N6O3S. The number of rotatable bonds is 6. The van der Waals surface area contributed by atoms with Crippen LogP contribution in [0.15, 0.2) is 90.1 Å². The molecule has 10 heteroatoms. The number of sulfonamides is 1. The van der Waals surface area contributed by atoms with E-state index in [9.17, 15) is 13.2 Å². The second-order valence-electron chi connectivity index (χ2n) is 8.35. The Bertz CT molecular complexity index is 1410. The number of hydrogen-bond donors (Lipinski definition) is 1. The molecular weight excluding hydrogens is 464 g/mol. The quantitative estimate of drug-likeness (QED) is 0.446. The molecule has 2 heterocycles. The maximum atomic E-state index is 13.3. The molecule has 1 saturated heterocycles. The molecule has 1 fully saturated rings. The van der Waals surface area contributed by atoms with Crippen molar-refractivity contribution in [2.75, 3.05) is 18.4 Å². The summed E-state index contributed by atoms with van der Waals surface area (Å²) < 4.78 is 29.4. The lowest BCUT2D eigenvalue weighted by molar-refractivity contribution is -0.120. The second-order valence-corrected chi connectivity index (χ2v) is 10.3. The van der Waals surface area contributed by atoms with Crippen LogP contribution in [0.1, 0.15) is 12.8 Å². The number of nitrogens with zero attached hydrogens (tertiary/aromatic N) is 5. The first-order valence-electron chi connectivity index (χ1n) is 11.3. The lowest BCUT2D eigenvalue weighted by Crippen LogP contribution is -2.43. The molecule has 35 heavy (non-hydrogen) atoms. The fourth-order valence-corrected chi connectivity index (χ4v) is 5.79. The molecule has 0 aliphatic carbocycles. The summed E-state index contributed by atoms with van der Waals surface area (Å²) in [5, 5.41) is 14.0.